The number of rotatable bonds is 3. The van der Waals surface area contributed by atoms with E-state index in [9.17, 15) is 15.2 Å². The van der Waals surface area contributed by atoms with Gasteiger partial charge in [0.15, 0.2) is 0 Å². The van der Waals surface area contributed by atoms with Crippen LogP contribution in [0.4, 0.5) is 5.69 Å². The maximum absolute atomic E-state index is 10.7. The molecular weight excluding hydrogens is 248 g/mol. The lowest BCUT2D eigenvalue weighted by Gasteiger charge is -2.07. The van der Waals surface area contributed by atoms with Gasteiger partial charge in [-0.15, -0.1) is 0 Å². The van der Waals surface area contributed by atoms with Crippen molar-refractivity contribution in [2.24, 2.45) is 0 Å². The van der Waals surface area contributed by atoms with Crippen LogP contribution in [0, 0.1) is 24.0 Å². The molecule has 0 spiro atoms. The summed E-state index contributed by atoms with van der Waals surface area (Å²) in [6.45, 7) is 3.36. The number of aromatic nitrogens is 1. The lowest BCUT2D eigenvalue weighted by molar-refractivity contribution is -0.385. The van der Waals surface area contributed by atoms with E-state index in [2.05, 4.69) is 4.98 Å². The summed E-state index contributed by atoms with van der Waals surface area (Å²) in [5.41, 5.74) is 1.06. The molecule has 0 atom stereocenters. The van der Waals surface area contributed by atoms with Crippen molar-refractivity contribution >= 4 is 5.69 Å². The van der Waals surface area contributed by atoms with Crippen molar-refractivity contribution in [1.82, 2.24) is 4.98 Å². The Bertz CT molecular complexity index is 620. The molecule has 2 rings (SSSR count). The SMILES string of the molecule is Cc1cc(O)cc(Oc2ccc([N+](=O)[O-])c(C)n2)c1. The average Bonchev–Trinajstić information content (AvgIpc) is 2.26. The summed E-state index contributed by atoms with van der Waals surface area (Å²) in [7, 11) is 0. The summed E-state index contributed by atoms with van der Waals surface area (Å²) >= 11 is 0. The fourth-order valence-corrected chi connectivity index (χ4v) is 1.69. The van der Waals surface area contributed by atoms with Crippen LogP contribution in [0.2, 0.25) is 0 Å². The molecule has 19 heavy (non-hydrogen) atoms. The second-order valence-electron chi connectivity index (χ2n) is 4.12. The number of hydrogen-bond acceptors (Lipinski definition) is 5. The molecule has 0 bridgehead atoms. The van der Waals surface area contributed by atoms with E-state index in [1.807, 2.05) is 6.92 Å². The highest BCUT2D eigenvalue weighted by molar-refractivity contribution is 5.41. The standard InChI is InChI=1S/C13H12N2O4/c1-8-5-10(16)7-11(6-8)19-13-4-3-12(15(17)18)9(2)14-13/h3-7,16H,1-2H3. The third kappa shape index (κ3) is 2.98. The first-order chi connectivity index (χ1) is 8.95. The monoisotopic (exact) mass is 260 g/mol. The first-order valence-corrected chi connectivity index (χ1v) is 5.56. The van der Waals surface area contributed by atoms with Gasteiger partial charge in [0.25, 0.3) is 5.69 Å². The molecule has 0 radical (unpaired) electrons. The number of hydrogen-bond donors (Lipinski definition) is 1. The molecular formula is C13H12N2O4. The Kier molecular flexibility index (Phi) is 3.33. The van der Waals surface area contributed by atoms with Gasteiger partial charge in [-0.25, -0.2) is 4.98 Å². The molecule has 1 aromatic carbocycles. The zero-order chi connectivity index (χ0) is 14.0. The Balaban J connectivity index is 2.28. The smallest absolute Gasteiger partial charge is 0.290 e. The van der Waals surface area contributed by atoms with E-state index in [1.165, 1.54) is 18.2 Å². The van der Waals surface area contributed by atoms with Crippen LogP contribution in [0.25, 0.3) is 0 Å². The van der Waals surface area contributed by atoms with E-state index in [-0.39, 0.29) is 23.0 Å². The highest BCUT2D eigenvalue weighted by Gasteiger charge is 2.12. The normalized spacial score (nSPS) is 10.2. The van der Waals surface area contributed by atoms with Gasteiger partial charge in [0.1, 0.15) is 17.2 Å². The van der Waals surface area contributed by atoms with Crippen LogP contribution in [0.15, 0.2) is 30.3 Å². The number of nitrogens with zero attached hydrogens (tertiary/aromatic N) is 2. The fraction of sp³-hybridized carbons (Fsp3) is 0.154. The molecule has 0 aliphatic carbocycles. The van der Waals surface area contributed by atoms with Crippen molar-refractivity contribution in [3.63, 3.8) is 0 Å². The summed E-state index contributed by atoms with van der Waals surface area (Å²) < 4.78 is 5.46. The van der Waals surface area contributed by atoms with Crippen LogP contribution in [0.5, 0.6) is 17.4 Å². The van der Waals surface area contributed by atoms with Crippen molar-refractivity contribution in [2.45, 2.75) is 13.8 Å². The first-order valence-electron chi connectivity index (χ1n) is 5.56. The van der Waals surface area contributed by atoms with Gasteiger partial charge in [-0.05, 0) is 31.5 Å². The molecule has 0 aliphatic rings. The zero-order valence-corrected chi connectivity index (χ0v) is 10.5. The molecule has 0 amide bonds. The zero-order valence-electron chi connectivity index (χ0n) is 10.5. The van der Waals surface area contributed by atoms with Crippen LogP contribution < -0.4 is 4.74 Å². The summed E-state index contributed by atoms with van der Waals surface area (Å²) in [6.07, 6.45) is 0. The molecule has 1 heterocycles. The summed E-state index contributed by atoms with van der Waals surface area (Å²) in [4.78, 5) is 14.2. The predicted octanol–water partition coefficient (Wildman–Crippen LogP) is 3.10. The number of pyridine rings is 1. The minimum absolute atomic E-state index is 0.0561. The summed E-state index contributed by atoms with van der Waals surface area (Å²) in [5, 5.41) is 20.1. The van der Waals surface area contributed by atoms with Crippen molar-refractivity contribution in [2.75, 3.05) is 0 Å². The molecule has 2 aromatic rings. The van der Waals surface area contributed by atoms with Gasteiger partial charge in [0.05, 0.1) is 4.92 Å². The van der Waals surface area contributed by atoms with Gasteiger partial charge in [-0.1, -0.05) is 0 Å². The second-order valence-corrected chi connectivity index (χ2v) is 4.12. The van der Waals surface area contributed by atoms with Gasteiger partial charge in [0.2, 0.25) is 5.88 Å². The lowest BCUT2D eigenvalue weighted by atomic mass is 10.2. The summed E-state index contributed by atoms with van der Waals surface area (Å²) in [5.74, 6) is 0.764. The molecule has 0 aliphatic heterocycles. The number of phenolic OH excluding ortho intramolecular Hbond substituents is 1. The molecule has 0 fully saturated rings. The molecule has 0 saturated heterocycles. The topological polar surface area (TPSA) is 85.5 Å². The van der Waals surface area contributed by atoms with E-state index in [0.29, 0.717) is 5.75 Å². The highest BCUT2D eigenvalue weighted by Crippen LogP contribution is 2.27. The summed E-state index contributed by atoms with van der Waals surface area (Å²) in [6, 6.07) is 7.54. The molecule has 6 nitrogen and oxygen atoms in total. The third-order valence-electron chi connectivity index (χ3n) is 2.49. The van der Waals surface area contributed by atoms with Crippen molar-refractivity contribution in [1.29, 1.82) is 0 Å². The van der Waals surface area contributed by atoms with Crippen molar-refractivity contribution in [3.05, 3.63) is 51.7 Å². The molecule has 1 N–H and O–H groups in total. The minimum Gasteiger partial charge on any atom is -0.508 e. The Morgan fingerprint density at radius 1 is 1.26 bits per heavy atom. The fourth-order valence-electron chi connectivity index (χ4n) is 1.69. The van der Waals surface area contributed by atoms with Crippen molar-refractivity contribution < 1.29 is 14.8 Å². The quantitative estimate of drug-likeness (QED) is 0.677. The van der Waals surface area contributed by atoms with Gasteiger partial charge < -0.3 is 9.84 Å². The van der Waals surface area contributed by atoms with E-state index in [1.54, 1.807) is 19.1 Å². The van der Waals surface area contributed by atoms with Crippen molar-refractivity contribution in [3.8, 4) is 17.4 Å². The van der Waals surface area contributed by atoms with E-state index in [0.717, 1.165) is 5.56 Å². The maximum atomic E-state index is 10.7. The Hall–Kier alpha value is -2.63. The molecule has 98 valence electrons. The number of phenols is 1. The van der Waals surface area contributed by atoms with Crippen LogP contribution in [0.3, 0.4) is 0 Å². The third-order valence-corrected chi connectivity index (χ3v) is 2.49. The number of ether oxygens (including phenoxy) is 1. The number of nitro groups is 1. The van der Waals surface area contributed by atoms with Gasteiger partial charge in [-0.2, -0.15) is 0 Å². The number of aryl methyl sites for hydroxylation is 2. The van der Waals surface area contributed by atoms with Crippen LogP contribution in [0.1, 0.15) is 11.3 Å². The Morgan fingerprint density at radius 3 is 2.58 bits per heavy atom. The largest absolute Gasteiger partial charge is 0.508 e. The average molecular weight is 260 g/mol. The van der Waals surface area contributed by atoms with Gasteiger partial charge >= 0.3 is 0 Å². The lowest BCUT2D eigenvalue weighted by Crippen LogP contribution is -1.96. The number of benzene rings is 1. The highest BCUT2D eigenvalue weighted by atomic mass is 16.6. The Morgan fingerprint density at radius 2 is 2.00 bits per heavy atom. The van der Waals surface area contributed by atoms with Gasteiger partial charge in [-0.3, -0.25) is 10.1 Å². The Labute approximate surface area is 109 Å². The first kappa shape index (κ1) is 12.8. The number of aromatic hydroxyl groups is 1. The molecule has 0 saturated carbocycles. The predicted molar refractivity (Wildman–Crippen MR) is 68.5 cm³/mol. The van der Waals surface area contributed by atoms with Crippen LogP contribution >= 0.6 is 0 Å². The molecule has 0 unspecified atom stereocenters. The molecule has 6 heteroatoms. The van der Waals surface area contributed by atoms with Crippen LogP contribution in [-0.2, 0) is 0 Å². The van der Waals surface area contributed by atoms with E-state index < -0.39 is 4.92 Å². The van der Waals surface area contributed by atoms with Gasteiger partial charge in [0, 0.05) is 18.2 Å². The molecule has 1 aromatic heterocycles. The maximum Gasteiger partial charge on any atom is 0.290 e. The van der Waals surface area contributed by atoms with Crippen LogP contribution in [-0.4, -0.2) is 15.0 Å². The van der Waals surface area contributed by atoms with E-state index >= 15 is 0 Å². The van der Waals surface area contributed by atoms with E-state index in [4.69, 9.17) is 4.74 Å². The second kappa shape index (κ2) is 4.93. The minimum atomic E-state index is -0.495.